The standard InChI is InChI=1S/C11H12N2O4S/c1-3-18(14,15)11-13-12-10(17-11)8-5-4-6-9(7-8)16-2/h4-7H,3H2,1-2H3. The molecule has 0 bridgehead atoms. The van der Waals surface area contributed by atoms with Gasteiger partial charge in [0, 0.05) is 5.56 Å². The van der Waals surface area contributed by atoms with Crippen molar-refractivity contribution < 1.29 is 17.6 Å². The van der Waals surface area contributed by atoms with Crippen molar-refractivity contribution in [3.63, 3.8) is 0 Å². The van der Waals surface area contributed by atoms with Gasteiger partial charge in [-0.05, 0) is 18.2 Å². The molecule has 6 nitrogen and oxygen atoms in total. The van der Waals surface area contributed by atoms with Gasteiger partial charge < -0.3 is 9.15 Å². The van der Waals surface area contributed by atoms with Crippen LogP contribution >= 0.6 is 0 Å². The molecule has 0 atom stereocenters. The number of rotatable bonds is 4. The first-order valence-corrected chi connectivity index (χ1v) is 6.92. The molecule has 0 aliphatic heterocycles. The topological polar surface area (TPSA) is 82.3 Å². The highest BCUT2D eigenvalue weighted by molar-refractivity contribution is 7.91. The Morgan fingerprint density at radius 1 is 1.33 bits per heavy atom. The molecule has 0 fully saturated rings. The van der Waals surface area contributed by atoms with Crippen LogP contribution in [0.2, 0.25) is 0 Å². The summed E-state index contributed by atoms with van der Waals surface area (Å²) in [5.41, 5.74) is 0.611. The number of aromatic nitrogens is 2. The van der Waals surface area contributed by atoms with Crippen LogP contribution in [-0.4, -0.2) is 31.5 Å². The lowest BCUT2D eigenvalue weighted by molar-refractivity contribution is 0.414. The van der Waals surface area contributed by atoms with Crippen molar-refractivity contribution in [2.75, 3.05) is 12.9 Å². The lowest BCUT2D eigenvalue weighted by Crippen LogP contribution is -2.03. The molecule has 0 saturated carbocycles. The van der Waals surface area contributed by atoms with E-state index in [1.807, 2.05) is 0 Å². The first-order valence-electron chi connectivity index (χ1n) is 5.27. The van der Waals surface area contributed by atoms with E-state index in [-0.39, 0.29) is 16.9 Å². The number of hydrogen-bond donors (Lipinski definition) is 0. The van der Waals surface area contributed by atoms with Crippen molar-refractivity contribution in [1.29, 1.82) is 0 Å². The van der Waals surface area contributed by atoms with Gasteiger partial charge in [0.25, 0.3) is 0 Å². The molecule has 18 heavy (non-hydrogen) atoms. The maximum atomic E-state index is 11.5. The average molecular weight is 268 g/mol. The molecule has 0 saturated heterocycles. The number of ether oxygens (including phenoxy) is 1. The maximum absolute atomic E-state index is 11.5. The molecule has 0 aliphatic rings. The van der Waals surface area contributed by atoms with Crippen molar-refractivity contribution in [2.24, 2.45) is 0 Å². The summed E-state index contributed by atoms with van der Waals surface area (Å²) < 4.78 is 33.3. The van der Waals surface area contributed by atoms with Crippen LogP contribution in [0.1, 0.15) is 6.92 Å². The summed E-state index contributed by atoms with van der Waals surface area (Å²) in [6.07, 6.45) is 0. The summed E-state index contributed by atoms with van der Waals surface area (Å²) in [6, 6.07) is 6.95. The highest BCUT2D eigenvalue weighted by atomic mass is 32.2. The Morgan fingerprint density at radius 3 is 2.78 bits per heavy atom. The molecule has 96 valence electrons. The summed E-state index contributed by atoms with van der Waals surface area (Å²) in [4.78, 5) is 0. The quantitative estimate of drug-likeness (QED) is 0.836. The number of sulfone groups is 1. The van der Waals surface area contributed by atoms with Crippen LogP contribution in [0.3, 0.4) is 0 Å². The molecule has 2 aromatic rings. The van der Waals surface area contributed by atoms with E-state index < -0.39 is 9.84 Å². The first kappa shape index (κ1) is 12.6. The normalized spacial score (nSPS) is 11.4. The molecular weight excluding hydrogens is 256 g/mol. The number of hydrogen-bond acceptors (Lipinski definition) is 6. The van der Waals surface area contributed by atoms with Crippen molar-refractivity contribution in [1.82, 2.24) is 10.2 Å². The number of nitrogens with zero attached hydrogens (tertiary/aromatic N) is 2. The Bertz CT molecular complexity index is 649. The van der Waals surface area contributed by atoms with Gasteiger partial charge in [0.05, 0.1) is 12.9 Å². The zero-order valence-corrected chi connectivity index (χ0v) is 10.8. The molecule has 1 aromatic carbocycles. The van der Waals surface area contributed by atoms with E-state index in [2.05, 4.69) is 10.2 Å². The molecule has 0 N–H and O–H groups in total. The third-order valence-electron chi connectivity index (χ3n) is 2.37. The number of methoxy groups -OCH3 is 1. The molecule has 0 aliphatic carbocycles. The molecule has 0 unspecified atom stereocenters. The molecule has 7 heteroatoms. The third-order valence-corrected chi connectivity index (χ3v) is 3.83. The predicted molar refractivity (Wildman–Crippen MR) is 64.0 cm³/mol. The van der Waals surface area contributed by atoms with Crippen LogP contribution in [-0.2, 0) is 9.84 Å². The van der Waals surface area contributed by atoms with Gasteiger partial charge in [0.15, 0.2) is 0 Å². The molecular formula is C11H12N2O4S. The van der Waals surface area contributed by atoms with Crippen LogP contribution in [0.4, 0.5) is 0 Å². The van der Waals surface area contributed by atoms with Gasteiger partial charge >= 0.3 is 5.22 Å². The molecule has 1 heterocycles. The molecule has 0 spiro atoms. The lowest BCUT2D eigenvalue weighted by Gasteiger charge is -2.00. The highest BCUT2D eigenvalue weighted by Crippen LogP contribution is 2.23. The van der Waals surface area contributed by atoms with Crippen molar-refractivity contribution in [3.05, 3.63) is 24.3 Å². The highest BCUT2D eigenvalue weighted by Gasteiger charge is 2.20. The second kappa shape index (κ2) is 4.77. The van der Waals surface area contributed by atoms with Crippen molar-refractivity contribution in [3.8, 4) is 17.2 Å². The fourth-order valence-corrected chi connectivity index (χ4v) is 1.95. The summed E-state index contributed by atoms with van der Waals surface area (Å²) in [6.45, 7) is 1.52. The van der Waals surface area contributed by atoms with Crippen LogP contribution in [0, 0.1) is 0 Å². The average Bonchev–Trinajstić information content (AvgIpc) is 2.89. The van der Waals surface area contributed by atoms with Gasteiger partial charge in [-0.1, -0.05) is 18.1 Å². The second-order valence-corrected chi connectivity index (χ2v) is 5.66. The van der Waals surface area contributed by atoms with E-state index in [0.717, 1.165) is 0 Å². The van der Waals surface area contributed by atoms with Crippen LogP contribution < -0.4 is 4.74 Å². The van der Waals surface area contributed by atoms with E-state index in [1.54, 1.807) is 31.4 Å². The summed E-state index contributed by atoms with van der Waals surface area (Å²) in [5.74, 6) is 0.707. The van der Waals surface area contributed by atoms with Crippen LogP contribution in [0.5, 0.6) is 5.75 Å². The van der Waals surface area contributed by atoms with E-state index >= 15 is 0 Å². The smallest absolute Gasteiger partial charge is 0.335 e. The fraction of sp³-hybridized carbons (Fsp3) is 0.273. The Balaban J connectivity index is 2.41. The minimum absolute atomic E-state index is 0.0766. The molecule has 2 rings (SSSR count). The molecule has 0 amide bonds. The zero-order valence-electron chi connectivity index (χ0n) is 9.95. The van der Waals surface area contributed by atoms with Crippen molar-refractivity contribution in [2.45, 2.75) is 12.1 Å². The Labute approximate surface area is 105 Å². The van der Waals surface area contributed by atoms with Gasteiger partial charge in [-0.15, -0.1) is 5.10 Å². The van der Waals surface area contributed by atoms with Gasteiger partial charge in [-0.3, -0.25) is 0 Å². The van der Waals surface area contributed by atoms with Gasteiger partial charge in [0.1, 0.15) is 5.75 Å². The molecule has 1 aromatic heterocycles. The van der Waals surface area contributed by atoms with Crippen LogP contribution in [0.15, 0.2) is 33.9 Å². The predicted octanol–water partition coefficient (Wildman–Crippen LogP) is 1.54. The van der Waals surface area contributed by atoms with Crippen molar-refractivity contribution >= 4 is 9.84 Å². The first-order chi connectivity index (χ1) is 8.56. The summed E-state index contributed by atoms with van der Waals surface area (Å²) in [5, 5.41) is 6.91. The maximum Gasteiger partial charge on any atom is 0.335 e. The Morgan fingerprint density at radius 2 is 2.11 bits per heavy atom. The number of benzene rings is 1. The Kier molecular flexibility index (Phi) is 3.33. The van der Waals surface area contributed by atoms with E-state index in [9.17, 15) is 8.42 Å². The molecule has 0 radical (unpaired) electrons. The lowest BCUT2D eigenvalue weighted by atomic mass is 10.2. The largest absolute Gasteiger partial charge is 0.497 e. The summed E-state index contributed by atoms with van der Waals surface area (Å²) >= 11 is 0. The van der Waals surface area contributed by atoms with Gasteiger partial charge in [0.2, 0.25) is 15.7 Å². The van der Waals surface area contributed by atoms with E-state index in [0.29, 0.717) is 11.3 Å². The fourth-order valence-electron chi connectivity index (χ4n) is 1.33. The minimum Gasteiger partial charge on any atom is -0.497 e. The Hall–Kier alpha value is -1.89. The van der Waals surface area contributed by atoms with Crippen LogP contribution in [0.25, 0.3) is 11.5 Å². The summed E-state index contributed by atoms with van der Waals surface area (Å²) in [7, 11) is -1.93. The monoisotopic (exact) mass is 268 g/mol. The minimum atomic E-state index is -3.47. The third kappa shape index (κ3) is 2.35. The second-order valence-electron chi connectivity index (χ2n) is 3.51. The van der Waals surface area contributed by atoms with Gasteiger partial charge in [-0.25, -0.2) is 8.42 Å². The van der Waals surface area contributed by atoms with Gasteiger partial charge in [-0.2, -0.15) is 0 Å². The SMILES string of the molecule is CCS(=O)(=O)c1nnc(-c2cccc(OC)c2)o1. The zero-order chi connectivity index (χ0) is 13.2. The van der Waals surface area contributed by atoms with E-state index in [4.69, 9.17) is 9.15 Å². The van der Waals surface area contributed by atoms with E-state index in [1.165, 1.54) is 6.92 Å².